The maximum Gasteiger partial charge on any atom is 0.0620 e. The summed E-state index contributed by atoms with van der Waals surface area (Å²) in [6.45, 7) is 7.37. The van der Waals surface area contributed by atoms with Gasteiger partial charge in [-0.3, -0.25) is 0 Å². The lowest BCUT2D eigenvalue weighted by molar-refractivity contribution is 0.0707. The third-order valence-corrected chi connectivity index (χ3v) is 3.51. The average molecular weight is 212 g/mol. The van der Waals surface area contributed by atoms with Crippen LogP contribution in [0.15, 0.2) is 0 Å². The molecule has 1 saturated carbocycles. The normalized spacial score (nSPS) is 31.2. The third-order valence-electron chi connectivity index (χ3n) is 3.51. The number of hydrogen-bond acceptors (Lipinski definition) is 3. The Balaban J connectivity index is 1.63. The second-order valence-corrected chi connectivity index (χ2v) is 5.16. The molecule has 2 rings (SSSR count). The predicted octanol–water partition coefficient (Wildman–Crippen LogP) is 1.14. The fraction of sp³-hybridized carbons (Fsp3) is 1.00. The minimum absolute atomic E-state index is 0.549. The second-order valence-electron chi connectivity index (χ2n) is 5.16. The molecule has 2 fully saturated rings. The molecule has 2 aliphatic rings. The van der Waals surface area contributed by atoms with Crippen LogP contribution in [0, 0.1) is 5.92 Å². The topological polar surface area (TPSA) is 33.3 Å². The average Bonchev–Trinajstić information content (AvgIpc) is 3.01. The highest BCUT2D eigenvalue weighted by atomic mass is 16.5. The summed E-state index contributed by atoms with van der Waals surface area (Å²) in [4.78, 5) is 0. The maximum atomic E-state index is 5.46. The lowest BCUT2D eigenvalue weighted by Gasteiger charge is -2.28. The quantitative estimate of drug-likeness (QED) is 0.717. The molecule has 3 atom stereocenters. The first-order valence-corrected chi connectivity index (χ1v) is 6.33. The molecule has 0 aromatic heterocycles. The summed E-state index contributed by atoms with van der Waals surface area (Å²) in [5.74, 6) is 0.947. The Kier molecular flexibility index (Phi) is 4.00. The van der Waals surface area contributed by atoms with E-state index in [0.717, 1.165) is 25.7 Å². The first-order valence-electron chi connectivity index (χ1n) is 6.33. The fourth-order valence-electron chi connectivity index (χ4n) is 2.45. The Morgan fingerprint density at radius 2 is 2.20 bits per heavy atom. The van der Waals surface area contributed by atoms with Crippen LogP contribution in [-0.2, 0) is 4.74 Å². The van der Waals surface area contributed by atoms with Crippen molar-refractivity contribution in [2.24, 2.45) is 5.92 Å². The van der Waals surface area contributed by atoms with E-state index in [-0.39, 0.29) is 0 Å². The molecule has 1 heterocycles. The van der Waals surface area contributed by atoms with Gasteiger partial charge in [0.15, 0.2) is 0 Å². The van der Waals surface area contributed by atoms with E-state index in [1.54, 1.807) is 0 Å². The molecule has 88 valence electrons. The molecule has 1 aliphatic carbocycles. The molecule has 0 spiro atoms. The van der Waals surface area contributed by atoms with Crippen molar-refractivity contribution in [1.82, 2.24) is 10.6 Å². The minimum Gasteiger partial charge on any atom is -0.379 e. The molecule has 2 N–H and O–H groups in total. The largest absolute Gasteiger partial charge is 0.379 e. The Morgan fingerprint density at radius 1 is 1.40 bits per heavy atom. The first kappa shape index (κ1) is 11.4. The van der Waals surface area contributed by atoms with Crippen LogP contribution in [0.5, 0.6) is 0 Å². The predicted molar refractivity (Wildman–Crippen MR) is 62.0 cm³/mol. The van der Waals surface area contributed by atoms with Crippen LogP contribution in [0.1, 0.15) is 33.1 Å². The molecule has 3 nitrogen and oxygen atoms in total. The van der Waals surface area contributed by atoms with Crippen LogP contribution < -0.4 is 10.6 Å². The molecule has 0 aromatic carbocycles. The van der Waals surface area contributed by atoms with Crippen LogP contribution in [0.3, 0.4) is 0 Å². The van der Waals surface area contributed by atoms with E-state index < -0.39 is 0 Å². The van der Waals surface area contributed by atoms with Crippen LogP contribution in [0.4, 0.5) is 0 Å². The van der Waals surface area contributed by atoms with Gasteiger partial charge >= 0.3 is 0 Å². The molecule has 1 aliphatic heterocycles. The number of rotatable bonds is 5. The Morgan fingerprint density at radius 3 is 2.80 bits per heavy atom. The van der Waals surface area contributed by atoms with Crippen LogP contribution in [-0.4, -0.2) is 37.9 Å². The Hall–Kier alpha value is -0.120. The van der Waals surface area contributed by atoms with Crippen molar-refractivity contribution in [1.29, 1.82) is 0 Å². The second kappa shape index (κ2) is 5.28. The van der Waals surface area contributed by atoms with Gasteiger partial charge in [-0.05, 0) is 39.0 Å². The zero-order valence-corrected chi connectivity index (χ0v) is 9.96. The molecular formula is C12H24N2O. The monoisotopic (exact) mass is 212 g/mol. The van der Waals surface area contributed by atoms with E-state index >= 15 is 0 Å². The molecule has 3 unspecified atom stereocenters. The van der Waals surface area contributed by atoms with E-state index in [1.807, 2.05) is 0 Å². The van der Waals surface area contributed by atoms with E-state index in [4.69, 9.17) is 4.74 Å². The summed E-state index contributed by atoms with van der Waals surface area (Å²) in [5, 5.41) is 7.20. The van der Waals surface area contributed by atoms with Gasteiger partial charge in [-0.2, -0.15) is 0 Å². The van der Waals surface area contributed by atoms with E-state index in [9.17, 15) is 0 Å². The molecule has 3 heteroatoms. The number of nitrogens with one attached hydrogen (secondary N) is 2. The van der Waals surface area contributed by atoms with Crippen molar-refractivity contribution in [3.63, 3.8) is 0 Å². The Bertz CT molecular complexity index is 188. The van der Waals surface area contributed by atoms with Crippen LogP contribution in [0.25, 0.3) is 0 Å². The van der Waals surface area contributed by atoms with Gasteiger partial charge in [-0.1, -0.05) is 0 Å². The number of hydrogen-bond donors (Lipinski definition) is 2. The van der Waals surface area contributed by atoms with Crippen molar-refractivity contribution in [3.05, 3.63) is 0 Å². The SMILES string of the molecule is CC(CC1COCCN1)NC(C)C1CC1. The van der Waals surface area contributed by atoms with Crippen molar-refractivity contribution >= 4 is 0 Å². The molecular weight excluding hydrogens is 188 g/mol. The van der Waals surface area contributed by atoms with Crippen LogP contribution in [0.2, 0.25) is 0 Å². The van der Waals surface area contributed by atoms with Crippen molar-refractivity contribution < 1.29 is 4.74 Å². The highest BCUT2D eigenvalue weighted by Gasteiger charge is 2.29. The zero-order valence-electron chi connectivity index (χ0n) is 9.96. The number of morpholine rings is 1. The van der Waals surface area contributed by atoms with Gasteiger partial charge in [-0.25, -0.2) is 0 Å². The third kappa shape index (κ3) is 3.74. The van der Waals surface area contributed by atoms with E-state index in [1.165, 1.54) is 19.3 Å². The summed E-state index contributed by atoms with van der Waals surface area (Å²) in [6.07, 6.45) is 4.02. The van der Waals surface area contributed by atoms with Gasteiger partial charge < -0.3 is 15.4 Å². The van der Waals surface area contributed by atoms with Gasteiger partial charge in [-0.15, -0.1) is 0 Å². The minimum atomic E-state index is 0.549. The van der Waals surface area contributed by atoms with Crippen molar-refractivity contribution in [2.75, 3.05) is 19.8 Å². The summed E-state index contributed by atoms with van der Waals surface area (Å²) in [5.41, 5.74) is 0. The molecule has 1 saturated heterocycles. The highest BCUT2D eigenvalue weighted by molar-refractivity contribution is 4.86. The summed E-state index contributed by atoms with van der Waals surface area (Å²) < 4.78 is 5.46. The molecule has 0 radical (unpaired) electrons. The van der Waals surface area contributed by atoms with Gasteiger partial charge in [0.2, 0.25) is 0 Å². The van der Waals surface area contributed by atoms with Gasteiger partial charge in [0.05, 0.1) is 13.2 Å². The standard InChI is InChI=1S/C12H24N2O/c1-9(14-10(2)11-3-4-11)7-12-8-15-6-5-13-12/h9-14H,3-8H2,1-2H3. The van der Waals surface area contributed by atoms with Gasteiger partial charge in [0, 0.05) is 24.7 Å². The summed E-state index contributed by atoms with van der Waals surface area (Å²) >= 11 is 0. The summed E-state index contributed by atoms with van der Waals surface area (Å²) in [7, 11) is 0. The van der Waals surface area contributed by atoms with Crippen molar-refractivity contribution in [3.8, 4) is 0 Å². The van der Waals surface area contributed by atoms with Crippen molar-refractivity contribution in [2.45, 2.75) is 51.2 Å². The van der Waals surface area contributed by atoms with E-state index in [2.05, 4.69) is 24.5 Å². The van der Waals surface area contributed by atoms with Gasteiger partial charge in [0.1, 0.15) is 0 Å². The fourth-order valence-corrected chi connectivity index (χ4v) is 2.45. The molecule has 0 amide bonds. The lowest BCUT2D eigenvalue weighted by Crippen LogP contribution is -2.46. The van der Waals surface area contributed by atoms with E-state index in [0.29, 0.717) is 18.1 Å². The Labute approximate surface area is 93.0 Å². The zero-order chi connectivity index (χ0) is 10.7. The van der Waals surface area contributed by atoms with Crippen LogP contribution >= 0.6 is 0 Å². The first-order chi connectivity index (χ1) is 7.25. The van der Waals surface area contributed by atoms with Gasteiger partial charge in [0.25, 0.3) is 0 Å². The summed E-state index contributed by atoms with van der Waals surface area (Å²) in [6, 6.07) is 1.84. The smallest absolute Gasteiger partial charge is 0.0620 e. The highest BCUT2D eigenvalue weighted by Crippen LogP contribution is 2.32. The maximum absolute atomic E-state index is 5.46. The molecule has 0 aromatic rings. The lowest BCUT2D eigenvalue weighted by atomic mass is 10.1. The molecule has 0 bridgehead atoms. The molecule has 15 heavy (non-hydrogen) atoms. The number of ether oxygens (including phenoxy) is 1.